The van der Waals surface area contributed by atoms with Gasteiger partial charge in [-0.25, -0.2) is 0 Å². The van der Waals surface area contributed by atoms with Crippen LogP contribution in [0.2, 0.25) is 5.02 Å². The molecule has 5 heteroatoms. The second-order valence-electron chi connectivity index (χ2n) is 3.38. The summed E-state index contributed by atoms with van der Waals surface area (Å²) in [5.41, 5.74) is 0.515. The van der Waals surface area contributed by atoms with Crippen LogP contribution in [0.1, 0.15) is 37.2 Å². The molecule has 0 aliphatic carbocycles. The van der Waals surface area contributed by atoms with Crippen LogP contribution in [0.15, 0.2) is 6.20 Å². The summed E-state index contributed by atoms with van der Waals surface area (Å²) in [5.74, 6) is 0.0315. The first-order valence-corrected chi connectivity index (χ1v) is 5.90. The SMILES string of the molecule is CCOCCCC(=O)c1c(Cl)cnn1CC. The fourth-order valence-corrected chi connectivity index (χ4v) is 1.72. The highest BCUT2D eigenvalue weighted by Crippen LogP contribution is 2.17. The third kappa shape index (κ3) is 3.32. The zero-order valence-corrected chi connectivity index (χ0v) is 10.5. The van der Waals surface area contributed by atoms with Gasteiger partial charge in [-0.15, -0.1) is 0 Å². The highest BCUT2D eigenvalue weighted by molar-refractivity contribution is 6.33. The molecule has 1 aromatic heterocycles. The fourth-order valence-electron chi connectivity index (χ4n) is 1.48. The smallest absolute Gasteiger partial charge is 0.182 e. The Hall–Kier alpha value is -0.870. The van der Waals surface area contributed by atoms with Crippen molar-refractivity contribution in [2.75, 3.05) is 13.2 Å². The first kappa shape index (κ1) is 13.2. The molecule has 1 heterocycles. The lowest BCUT2D eigenvalue weighted by atomic mass is 10.2. The second kappa shape index (κ2) is 6.66. The molecule has 0 aliphatic rings. The van der Waals surface area contributed by atoms with Gasteiger partial charge >= 0.3 is 0 Å². The number of hydrogen-bond acceptors (Lipinski definition) is 3. The summed E-state index contributed by atoms with van der Waals surface area (Å²) in [5, 5.41) is 4.47. The van der Waals surface area contributed by atoms with Crippen molar-refractivity contribution in [3.8, 4) is 0 Å². The Bertz CT molecular complexity index is 350. The van der Waals surface area contributed by atoms with Gasteiger partial charge in [0.1, 0.15) is 5.69 Å². The Balaban J connectivity index is 2.55. The quantitative estimate of drug-likeness (QED) is 0.547. The number of halogens is 1. The van der Waals surface area contributed by atoms with E-state index in [0.29, 0.717) is 36.9 Å². The average Bonchev–Trinajstić information content (AvgIpc) is 2.65. The molecule has 0 amide bonds. The zero-order chi connectivity index (χ0) is 12.0. The Labute approximate surface area is 101 Å². The molecule has 90 valence electrons. The van der Waals surface area contributed by atoms with Gasteiger partial charge < -0.3 is 4.74 Å². The summed E-state index contributed by atoms with van der Waals surface area (Å²) in [6.45, 7) is 5.81. The Morgan fingerprint density at radius 3 is 2.94 bits per heavy atom. The van der Waals surface area contributed by atoms with Gasteiger partial charge in [-0.05, 0) is 20.3 Å². The Morgan fingerprint density at radius 1 is 1.56 bits per heavy atom. The van der Waals surface area contributed by atoms with Crippen molar-refractivity contribution >= 4 is 17.4 Å². The molecule has 0 spiro atoms. The lowest BCUT2D eigenvalue weighted by molar-refractivity contribution is 0.0937. The van der Waals surface area contributed by atoms with E-state index < -0.39 is 0 Å². The van der Waals surface area contributed by atoms with Gasteiger partial charge in [0.2, 0.25) is 0 Å². The van der Waals surface area contributed by atoms with Gasteiger partial charge in [0.25, 0.3) is 0 Å². The molecular formula is C11H17ClN2O2. The number of nitrogens with zero attached hydrogens (tertiary/aromatic N) is 2. The molecule has 0 radical (unpaired) electrons. The molecule has 0 N–H and O–H groups in total. The highest BCUT2D eigenvalue weighted by atomic mass is 35.5. The fraction of sp³-hybridized carbons (Fsp3) is 0.636. The van der Waals surface area contributed by atoms with Crippen LogP contribution in [-0.2, 0) is 11.3 Å². The summed E-state index contributed by atoms with van der Waals surface area (Å²) in [7, 11) is 0. The minimum Gasteiger partial charge on any atom is -0.382 e. The normalized spacial score (nSPS) is 10.7. The summed E-state index contributed by atoms with van der Waals surface area (Å²) in [6.07, 6.45) is 2.68. The van der Waals surface area contributed by atoms with Gasteiger partial charge in [0.15, 0.2) is 5.78 Å². The standard InChI is InChI=1S/C11H17ClN2O2/c1-3-14-11(9(12)8-13-14)10(15)6-5-7-16-4-2/h8H,3-7H2,1-2H3. The van der Waals surface area contributed by atoms with E-state index >= 15 is 0 Å². The van der Waals surface area contributed by atoms with Gasteiger partial charge in [-0.1, -0.05) is 11.6 Å². The molecule has 0 unspecified atom stereocenters. The molecule has 0 saturated heterocycles. The summed E-state index contributed by atoms with van der Waals surface area (Å²) in [4.78, 5) is 11.9. The van der Waals surface area contributed by atoms with Crippen LogP contribution in [0, 0.1) is 0 Å². The predicted octanol–water partition coefficient (Wildman–Crippen LogP) is 2.56. The van der Waals surface area contributed by atoms with E-state index in [4.69, 9.17) is 16.3 Å². The van der Waals surface area contributed by atoms with E-state index in [1.165, 1.54) is 6.20 Å². The molecule has 0 bridgehead atoms. The van der Waals surface area contributed by atoms with Crippen molar-refractivity contribution in [3.05, 3.63) is 16.9 Å². The van der Waals surface area contributed by atoms with Crippen molar-refractivity contribution in [2.24, 2.45) is 0 Å². The monoisotopic (exact) mass is 244 g/mol. The third-order valence-corrected chi connectivity index (χ3v) is 2.53. The number of carbonyl (C=O) groups is 1. The number of ketones is 1. The van der Waals surface area contributed by atoms with Crippen LogP contribution < -0.4 is 0 Å². The topological polar surface area (TPSA) is 44.1 Å². The van der Waals surface area contributed by atoms with Crippen molar-refractivity contribution in [2.45, 2.75) is 33.2 Å². The number of aromatic nitrogens is 2. The molecule has 0 aliphatic heterocycles. The second-order valence-corrected chi connectivity index (χ2v) is 3.79. The Morgan fingerprint density at radius 2 is 2.31 bits per heavy atom. The maximum atomic E-state index is 11.9. The van der Waals surface area contributed by atoms with E-state index in [-0.39, 0.29) is 5.78 Å². The van der Waals surface area contributed by atoms with Crippen LogP contribution in [0.3, 0.4) is 0 Å². The van der Waals surface area contributed by atoms with E-state index in [1.54, 1.807) is 4.68 Å². The summed E-state index contributed by atoms with van der Waals surface area (Å²) >= 11 is 5.92. The van der Waals surface area contributed by atoms with Crippen LogP contribution in [-0.4, -0.2) is 28.8 Å². The van der Waals surface area contributed by atoms with E-state index in [9.17, 15) is 4.79 Å². The lowest BCUT2D eigenvalue weighted by Gasteiger charge is -2.04. The van der Waals surface area contributed by atoms with Crippen LogP contribution in [0.4, 0.5) is 0 Å². The molecule has 0 aromatic carbocycles. The molecule has 4 nitrogen and oxygen atoms in total. The summed E-state index contributed by atoms with van der Waals surface area (Å²) in [6, 6.07) is 0. The van der Waals surface area contributed by atoms with E-state index in [0.717, 1.165) is 6.42 Å². The molecule has 0 saturated carbocycles. The number of ether oxygens (including phenoxy) is 1. The van der Waals surface area contributed by atoms with Gasteiger partial charge in [-0.3, -0.25) is 9.48 Å². The van der Waals surface area contributed by atoms with Crippen LogP contribution >= 0.6 is 11.6 Å². The van der Waals surface area contributed by atoms with E-state index in [1.807, 2.05) is 13.8 Å². The first-order valence-electron chi connectivity index (χ1n) is 5.52. The number of aryl methyl sites for hydroxylation is 1. The van der Waals surface area contributed by atoms with Crippen molar-refractivity contribution < 1.29 is 9.53 Å². The number of carbonyl (C=O) groups excluding carboxylic acids is 1. The molecule has 1 aromatic rings. The molecule has 0 fully saturated rings. The van der Waals surface area contributed by atoms with Gasteiger partial charge in [0, 0.05) is 26.2 Å². The third-order valence-electron chi connectivity index (χ3n) is 2.26. The zero-order valence-electron chi connectivity index (χ0n) is 9.70. The van der Waals surface area contributed by atoms with Crippen molar-refractivity contribution in [1.29, 1.82) is 0 Å². The van der Waals surface area contributed by atoms with Crippen LogP contribution in [0.25, 0.3) is 0 Å². The average molecular weight is 245 g/mol. The molecule has 0 atom stereocenters. The minimum absolute atomic E-state index is 0.0315. The first-order chi connectivity index (χ1) is 7.70. The maximum absolute atomic E-state index is 11.9. The number of Topliss-reactive ketones (excluding diaryl/α,β-unsaturated/α-hetero) is 1. The van der Waals surface area contributed by atoms with Crippen molar-refractivity contribution in [3.63, 3.8) is 0 Å². The van der Waals surface area contributed by atoms with Crippen molar-refractivity contribution in [1.82, 2.24) is 9.78 Å². The molecule has 1 rings (SSSR count). The number of hydrogen-bond donors (Lipinski definition) is 0. The van der Waals surface area contributed by atoms with Gasteiger partial charge in [0.05, 0.1) is 11.2 Å². The maximum Gasteiger partial charge on any atom is 0.182 e. The number of rotatable bonds is 7. The molecule has 16 heavy (non-hydrogen) atoms. The van der Waals surface area contributed by atoms with Gasteiger partial charge in [-0.2, -0.15) is 5.10 Å². The predicted molar refractivity (Wildman–Crippen MR) is 63.0 cm³/mol. The molecular weight excluding hydrogens is 228 g/mol. The summed E-state index contributed by atoms with van der Waals surface area (Å²) < 4.78 is 6.81. The largest absolute Gasteiger partial charge is 0.382 e. The lowest BCUT2D eigenvalue weighted by Crippen LogP contribution is -2.10. The minimum atomic E-state index is 0.0315. The van der Waals surface area contributed by atoms with E-state index in [2.05, 4.69) is 5.10 Å². The Kier molecular flexibility index (Phi) is 5.49. The highest BCUT2D eigenvalue weighted by Gasteiger charge is 2.15. The van der Waals surface area contributed by atoms with Crippen LogP contribution in [0.5, 0.6) is 0 Å².